The fourth-order valence-corrected chi connectivity index (χ4v) is 2.20. The van der Waals surface area contributed by atoms with Gasteiger partial charge in [0.05, 0.1) is 5.56 Å². The summed E-state index contributed by atoms with van der Waals surface area (Å²) in [5, 5.41) is 10.5. The Kier molecular flexibility index (Phi) is 4.58. The molecule has 114 valence electrons. The molecule has 0 fully saturated rings. The summed E-state index contributed by atoms with van der Waals surface area (Å²) < 4.78 is 37.5. The van der Waals surface area contributed by atoms with Crippen molar-refractivity contribution in [1.29, 1.82) is 0 Å². The van der Waals surface area contributed by atoms with Gasteiger partial charge in [-0.3, -0.25) is 0 Å². The number of hydrogen-bond donors (Lipinski definition) is 1. The Hall–Kier alpha value is -2.25. The molecule has 0 aliphatic rings. The van der Waals surface area contributed by atoms with E-state index in [9.17, 15) is 18.3 Å². The van der Waals surface area contributed by atoms with Crippen LogP contribution in [0.4, 0.5) is 13.2 Å². The van der Waals surface area contributed by atoms with E-state index in [0.717, 1.165) is 12.1 Å². The Morgan fingerprint density at radius 3 is 2.00 bits per heavy atom. The summed E-state index contributed by atoms with van der Waals surface area (Å²) in [5.74, 6) is 2.38. The molecule has 0 heterocycles. The van der Waals surface area contributed by atoms with E-state index in [1.807, 2.05) is 6.07 Å². The first kappa shape index (κ1) is 16.1. The van der Waals surface area contributed by atoms with Crippen LogP contribution in [0.15, 0.2) is 54.6 Å². The zero-order valence-electron chi connectivity index (χ0n) is 11.8. The largest absolute Gasteiger partial charge is 0.416 e. The summed E-state index contributed by atoms with van der Waals surface area (Å²) in [5.41, 5.74) is -0.821. The Bertz CT molecular complexity index is 653. The van der Waals surface area contributed by atoms with Crippen LogP contribution < -0.4 is 0 Å². The second kappa shape index (κ2) is 6.25. The van der Waals surface area contributed by atoms with Crippen molar-refractivity contribution < 1.29 is 18.3 Å². The molecular formula is C18H15F3O. The highest BCUT2D eigenvalue weighted by atomic mass is 19.4. The van der Waals surface area contributed by atoms with Crippen LogP contribution >= 0.6 is 0 Å². The van der Waals surface area contributed by atoms with Gasteiger partial charge in [0, 0.05) is 0 Å². The Balaban J connectivity index is 2.10. The number of alkyl halides is 3. The maximum atomic E-state index is 12.5. The smallest absolute Gasteiger partial charge is 0.373 e. The summed E-state index contributed by atoms with van der Waals surface area (Å²) >= 11 is 0. The van der Waals surface area contributed by atoms with Crippen molar-refractivity contribution in [2.24, 2.45) is 0 Å². The lowest BCUT2D eigenvalue weighted by atomic mass is 9.88. The SMILES string of the molecule is C#CC(O)(CCc1ccc(C(F)(F)F)cc1)c1ccccc1. The molecule has 1 N–H and O–H groups in total. The predicted octanol–water partition coefficient (Wildman–Crippen LogP) is 4.16. The van der Waals surface area contributed by atoms with Crippen LogP contribution in [0.3, 0.4) is 0 Å². The molecule has 4 heteroatoms. The van der Waals surface area contributed by atoms with E-state index in [1.54, 1.807) is 24.3 Å². The van der Waals surface area contributed by atoms with Gasteiger partial charge >= 0.3 is 6.18 Å². The van der Waals surface area contributed by atoms with Crippen molar-refractivity contribution >= 4 is 0 Å². The van der Waals surface area contributed by atoms with Crippen LogP contribution in [0.1, 0.15) is 23.1 Å². The summed E-state index contributed by atoms with van der Waals surface area (Å²) in [4.78, 5) is 0. The van der Waals surface area contributed by atoms with Gasteiger partial charge in [-0.1, -0.05) is 48.4 Å². The molecule has 0 aliphatic heterocycles. The minimum absolute atomic E-state index is 0.235. The average molecular weight is 304 g/mol. The number of aryl methyl sites for hydroxylation is 1. The highest BCUT2D eigenvalue weighted by Crippen LogP contribution is 2.30. The number of halogens is 3. The lowest BCUT2D eigenvalue weighted by molar-refractivity contribution is -0.137. The number of hydrogen-bond acceptors (Lipinski definition) is 1. The van der Waals surface area contributed by atoms with Gasteiger partial charge in [-0.15, -0.1) is 6.42 Å². The zero-order chi connectivity index (χ0) is 16.2. The summed E-state index contributed by atoms with van der Waals surface area (Å²) in [6.07, 6.45) is 1.71. The lowest BCUT2D eigenvalue weighted by Crippen LogP contribution is -2.24. The van der Waals surface area contributed by atoms with Crippen molar-refractivity contribution in [3.8, 4) is 12.3 Å². The molecule has 22 heavy (non-hydrogen) atoms. The van der Waals surface area contributed by atoms with Crippen molar-refractivity contribution in [1.82, 2.24) is 0 Å². The van der Waals surface area contributed by atoms with E-state index < -0.39 is 17.3 Å². The van der Waals surface area contributed by atoms with Gasteiger partial charge in [0.25, 0.3) is 0 Å². The second-order valence-corrected chi connectivity index (χ2v) is 5.07. The molecule has 2 rings (SSSR count). The number of benzene rings is 2. The van der Waals surface area contributed by atoms with Crippen LogP contribution in [0.5, 0.6) is 0 Å². The maximum Gasteiger partial charge on any atom is 0.416 e. The summed E-state index contributed by atoms with van der Waals surface area (Å²) in [7, 11) is 0. The molecule has 2 aromatic rings. The van der Waals surface area contributed by atoms with E-state index in [-0.39, 0.29) is 6.42 Å². The molecule has 1 unspecified atom stereocenters. The fourth-order valence-electron chi connectivity index (χ4n) is 2.20. The molecule has 0 bridgehead atoms. The minimum atomic E-state index is -4.35. The minimum Gasteiger partial charge on any atom is -0.373 e. The Labute approximate surface area is 127 Å². The van der Waals surface area contributed by atoms with Crippen molar-refractivity contribution in [2.45, 2.75) is 24.6 Å². The number of terminal acetylenes is 1. The molecule has 0 saturated carbocycles. The van der Waals surface area contributed by atoms with Crippen LogP contribution in [0.25, 0.3) is 0 Å². The Morgan fingerprint density at radius 2 is 1.50 bits per heavy atom. The van der Waals surface area contributed by atoms with Crippen molar-refractivity contribution in [3.05, 3.63) is 71.3 Å². The highest BCUT2D eigenvalue weighted by molar-refractivity contribution is 5.31. The van der Waals surface area contributed by atoms with Gasteiger partial charge in [-0.25, -0.2) is 0 Å². The first-order valence-electron chi connectivity index (χ1n) is 6.77. The van der Waals surface area contributed by atoms with E-state index in [0.29, 0.717) is 17.5 Å². The summed E-state index contributed by atoms with van der Waals surface area (Å²) in [6, 6.07) is 13.7. The monoisotopic (exact) mass is 304 g/mol. The van der Waals surface area contributed by atoms with Crippen molar-refractivity contribution in [3.63, 3.8) is 0 Å². The normalized spacial score (nSPS) is 14.1. The van der Waals surface area contributed by atoms with E-state index in [1.165, 1.54) is 12.1 Å². The molecule has 0 amide bonds. The predicted molar refractivity (Wildman–Crippen MR) is 78.9 cm³/mol. The standard InChI is InChI=1S/C18H15F3O/c1-2-17(22,15-6-4-3-5-7-15)13-12-14-8-10-16(11-9-14)18(19,20)21/h1,3-11,22H,12-13H2. The third-order valence-corrected chi connectivity index (χ3v) is 3.55. The zero-order valence-corrected chi connectivity index (χ0v) is 11.8. The molecular weight excluding hydrogens is 289 g/mol. The highest BCUT2D eigenvalue weighted by Gasteiger charge is 2.30. The molecule has 0 spiro atoms. The molecule has 1 nitrogen and oxygen atoms in total. The van der Waals surface area contributed by atoms with Gasteiger partial charge in [0.1, 0.15) is 0 Å². The topological polar surface area (TPSA) is 20.2 Å². The van der Waals surface area contributed by atoms with Gasteiger partial charge in [0.2, 0.25) is 0 Å². The first-order valence-corrected chi connectivity index (χ1v) is 6.77. The van der Waals surface area contributed by atoms with Crippen LogP contribution in [-0.2, 0) is 18.2 Å². The van der Waals surface area contributed by atoms with Gasteiger partial charge in [-0.05, 0) is 36.1 Å². The molecule has 2 aromatic carbocycles. The van der Waals surface area contributed by atoms with Crippen LogP contribution in [-0.4, -0.2) is 5.11 Å². The van der Waals surface area contributed by atoms with E-state index >= 15 is 0 Å². The third-order valence-electron chi connectivity index (χ3n) is 3.55. The van der Waals surface area contributed by atoms with Gasteiger partial charge in [0.15, 0.2) is 5.60 Å². The molecule has 0 aromatic heterocycles. The van der Waals surface area contributed by atoms with Crippen LogP contribution in [0, 0.1) is 12.3 Å². The summed E-state index contributed by atoms with van der Waals surface area (Å²) in [6.45, 7) is 0. The second-order valence-electron chi connectivity index (χ2n) is 5.07. The molecule has 0 radical (unpaired) electrons. The van der Waals surface area contributed by atoms with Crippen LogP contribution in [0.2, 0.25) is 0 Å². The van der Waals surface area contributed by atoms with Gasteiger partial charge in [-0.2, -0.15) is 13.2 Å². The number of rotatable bonds is 4. The third kappa shape index (κ3) is 3.69. The van der Waals surface area contributed by atoms with Gasteiger partial charge < -0.3 is 5.11 Å². The van der Waals surface area contributed by atoms with E-state index in [2.05, 4.69) is 5.92 Å². The lowest BCUT2D eigenvalue weighted by Gasteiger charge is -2.22. The Morgan fingerprint density at radius 1 is 0.909 bits per heavy atom. The van der Waals surface area contributed by atoms with E-state index in [4.69, 9.17) is 6.42 Å². The molecule has 0 saturated heterocycles. The first-order chi connectivity index (χ1) is 10.3. The maximum absolute atomic E-state index is 12.5. The van der Waals surface area contributed by atoms with Crippen molar-refractivity contribution in [2.75, 3.05) is 0 Å². The fraction of sp³-hybridized carbons (Fsp3) is 0.222. The average Bonchev–Trinajstić information content (AvgIpc) is 2.53. The molecule has 1 atom stereocenters. The number of aliphatic hydroxyl groups is 1. The quantitative estimate of drug-likeness (QED) is 0.841. The molecule has 0 aliphatic carbocycles.